The highest BCUT2D eigenvalue weighted by Crippen LogP contribution is 2.38. The fraction of sp³-hybridized carbons (Fsp3) is 0.682. The van der Waals surface area contributed by atoms with Crippen LogP contribution >= 0.6 is 0 Å². The molecule has 8 heteroatoms. The number of morpholine rings is 2. The highest BCUT2D eigenvalue weighted by atomic mass is 16.5. The van der Waals surface area contributed by atoms with E-state index in [0.717, 1.165) is 117 Å². The van der Waals surface area contributed by atoms with Gasteiger partial charge >= 0.3 is 0 Å². The fourth-order valence-electron chi connectivity index (χ4n) is 8.52. The van der Waals surface area contributed by atoms with Gasteiger partial charge in [0.25, 0.3) is 0 Å². The molecule has 4 heterocycles. The molecule has 8 nitrogen and oxygen atoms in total. The van der Waals surface area contributed by atoms with Crippen LogP contribution in [0.1, 0.15) is 84.3 Å². The summed E-state index contributed by atoms with van der Waals surface area (Å²) in [7, 11) is 0. The van der Waals surface area contributed by atoms with Crippen LogP contribution in [0.3, 0.4) is 0 Å². The second kappa shape index (κ2) is 17.6. The van der Waals surface area contributed by atoms with Crippen LogP contribution in [0.15, 0.2) is 60.7 Å². The Morgan fingerprint density at radius 1 is 0.654 bits per heavy atom. The Kier molecular flexibility index (Phi) is 13.2. The predicted octanol–water partition coefficient (Wildman–Crippen LogP) is 6.32. The lowest BCUT2D eigenvalue weighted by atomic mass is 9.87. The summed E-state index contributed by atoms with van der Waals surface area (Å²) in [6.07, 6.45) is 8.85. The smallest absolute Gasteiger partial charge is 0.225 e. The molecule has 2 atom stereocenters. The molecule has 4 aliphatic heterocycles. The highest BCUT2D eigenvalue weighted by Gasteiger charge is 2.47. The zero-order valence-corrected chi connectivity index (χ0v) is 32.8. The van der Waals surface area contributed by atoms with Gasteiger partial charge in [-0.1, -0.05) is 88.4 Å². The fourth-order valence-corrected chi connectivity index (χ4v) is 8.52. The van der Waals surface area contributed by atoms with Gasteiger partial charge in [-0.3, -0.25) is 9.59 Å². The topological polar surface area (TPSA) is 65.6 Å². The van der Waals surface area contributed by atoms with Crippen molar-refractivity contribution >= 4 is 11.8 Å². The number of nitrogens with zero attached hydrogens (tertiary/aromatic N) is 4. The van der Waals surface area contributed by atoms with E-state index in [-0.39, 0.29) is 29.3 Å². The average Bonchev–Trinajstić information content (AvgIpc) is 4.01. The molecule has 0 radical (unpaired) electrons. The van der Waals surface area contributed by atoms with E-state index in [4.69, 9.17) is 9.47 Å². The number of carbonyl (C=O) groups excluding carboxylic acids is 2. The Bertz CT molecular complexity index is 1410. The Labute approximate surface area is 314 Å². The van der Waals surface area contributed by atoms with Gasteiger partial charge in [-0.15, -0.1) is 0 Å². The minimum Gasteiger partial charge on any atom is -0.368 e. The lowest BCUT2D eigenvalue weighted by Gasteiger charge is -2.51. The Balaban J connectivity index is 0.000000179. The minimum absolute atomic E-state index is 0.124. The number of ether oxygens (including phenoxy) is 2. The summed E-state index contributed by atoms with van der Waals surface area (Å²) in [4.78, 5) is 34.0. The molecule has 2 aromatic rings. The molecule has 4 saturated heterocycles. The van der Waals surface area contributed by atoms with Crippen molar-refractivity contribution in [2.24, 2.45) is 17.8 Å². The van der Waals surface area contributed by atoms with Crippen LogP contribution < -0.4 is 0 Å². The van der Waals surface area contributed by atoms with E-state index in [1.807, 2.05) is 4.90 Å². The van der Waals surface area contributed by atoms with Crippen LogP contribution in [0, 0.1) is 17.8 Å². The first-order valence-corrected chi connectivity index (χ1v) is 20.4. The second-order valence-electron chi connectivity index (χ2n) is 17.2. The van der Waals surface area contributed by atoms with Gasteiger partial charge in [0.1, 0.15) is 0 Å². The van der Waals surface area contributed by atoms with Crippen molar-refractivity contribution in [2.75, 3.05) is 65.4 Å². The molecular formula is C44H66N4O4. The summed E-state index contributed by atoms with van der Waals surface area (Å²) in [5.74, 6) is 1.76. The van der Waals surface area contributed by atoms with Gasteiger partial charge in [-0.2, -0.15) is 0 Å². The zero-order chi connectivity index (χ0) is 36.7. The van der Waals surface area contributed by atoms with Gasteiger partial charge in [0.15, 0.2) is 0 Å². The summed E-state index contributed by atoms with van der Waals surface area (Å²) >= 11 is 0. The molecular weight excluding hydrogens is 649 g/mol. The van der Waals surface area contributed by atoms with Crippen LogP contribution in [-0.2, 0) is 31.9 Å². The molecule has 2 aromatic carbocycles. The number of benzene rings is 2. The molecule has 52 heavy (non-hydrogen) atoms. The number of hydrogen-bond donors (Lipinski definition) is 0. The van der Waals surface area contributed by atoms with Gasteiger partial charge in [-0.25, -0.2) is 0 Å². The largest absolute Gasteiger partial charge is 0.368 e. The van der Waals surface area contributed by atoms with E-state index in [9.17, 15) is 9.59 Å². The predicted molar refractivity (Wildman–Crippen MR) is 208 cm³/mol. The molecule has 5 fully saturated rings. The summed E-state index contributed by atoms with van der Waals surface area (Å²) in [6.45, 7) is 20.1. The Morgan fingerprint density at radius 3 is 1.44 bits per heavy atom. The molecule has 0 bridgehead atoms. The van der Waals surface area contributed by atoms with Crippen molar-refractivity contribution in [1.29, 1.82) is 0 Å². The third-order valence-electron chi connectivity index (χ3n) is 12.4. The summed E-state index contributed by atoms with van der Waals surface area (Å²) in [5.41, 5.74) is 2.55. The maximum Gasteiger partial charge on any atom is 0.225 e. The second-order valence-corrected chi connectivity index (χ2v) is 17.2. The first-order valence-electron chi connectivity index (χ1n) is 20.4. The van der Waals surface area contributed by atoms with Crippen molar-refractivity contribution in [2.45, 2.75) is 109 Å². The molecule has 2 unspecified atom stereocenters. The summed E-state index contributed by atoms with van der Waals surface area (Å²) < 4.78 is 13.2. The van der Waals surface area contributed by atoms with Crippen molar-refractivity contribution < 1.29 is 19.1 Å². The molecule has 0 N–H and O–H groups in total. The monoisotopic (exact) mass is 715 g/mol. The Hall–Kier alpha value is -2.78. The molecule has 1 saturated carbocycles. The van der Waals surface area contributed by atoms with Crippen LogP contribution in [0.25, 0.3) is 0 Å². The number of piperidine rings is 2. The average molecular weight is 715 g/mol. The van der Waals surface area contributed by atoms with E-state index in [1.165, 1.54) is 11.1 Å². The quantitative estimate of drug-likeness (QED) is 0.303. The van der Waals surface area contributed by atoms with Gasteiger partial charge < -0.3 is 29.1 Å². The number of rotatable bonds is 9. The minimum atomic E-state index is -0.137. The maximum absolute atomic E-state index is 12.7. The van der Waals surface area contributed by atoms with Crippen LogP contribution in [-0.4, -0.2) is 120 Å². The van der Waals surface area contributed by atoms with Crippen molar-refractivity contribution in [3.05, 3.63) is 71.8 Å². The van der Waals surface area contributed by atoms with Crippen molar-refractivity contribution in [3.8, 4) is 0 Å². The molecule has 286 valence electrons. The van der Waals surface area contributed by atoms with Crippen molar-refractivity contribution in [3.63, 3.8) is 0 Å². The van der Waals surface area contributed by atoms with E-state index in [2.05, 4.69) is 103 Å². The SMILES string of the molecule is CC(=O)N1CC(C(C)C)OC2(CCN(CCc3ccccc3)CC2)C1.CC(C)C1CN(C(=O)C2CC2)CC2(CCN(CCc3ccccc3)CC2)O1. The van der Waals surface area contributed by atoms with Crippen LogP contribution in [0.2, 0.25) is 0 Å². The van der Waals surface area contributed by atoms with Gasteiger partial charge in [0.2, 0.25) is 11.8 Å². The van der Waals surface area contributed by atoms with Crippen LogP contribution in [0.5, 0.6) is 0 Å². The third kappa shape index (κ3) is 10.5. The van der Waals surface area contributed by atoms with Crippen LogP contribution in [0.4, 0.5) is 0 Å². The first kappa shape index (κ1) is 38.9. The third-order valence-corrected chi connectivity index (χ3v) is 12.4. The van der Waals surface area contributed by atoms with Crippen molar-refractivity contribution in [1.82, 2.24) is 19.6 Å². The van der Waals surface area contributed by atoms with E-state index in [1.54, 1.807) is 6.92 Å². The van der Waals surface area contributed by atoms with E-state index in [0.29, 0.717) is 23.7 Å². The number of amides is 2. The molecule has 1 aliphatic carbocycles. The summed E-state index contributed by atoms with van der Waals surface area (Å²) in [6, 6.07) is 21.4. The standard InChI is InChI=1S/C23H34N2O2.C21H32N2O2/c1-18(2)21-16-25(22(26)20-8-9-20)17-23(27-21)11-14-24(15-12-23)13-10-19-6-4-3-5-7-19;1-17(2)20-15-23(18(3)24)16-21(25-20)10-13-22(14-11-21)12-9-19-7-5-4-6-8-19/h3-7,18,20-21H,8-17H2,1-2H3;4-8,17,20H,9-16H2,1-3H3. The number of hydrogen-bond acceptors (Lipinski definition) is 6. The normalized spacial score (nSPS) is 25.0. The molecule has 0 aromatic heterocycles. The molecule has 2 spiro atoms. The number of likely N-dealkylation sites (tertiary alicyclic amines) is 2. The summed E-state index contributed by atoms with van der Waals surface area (Å²) in [5, 5.41) is 0. The molecule has 7 rings (SSSR count). The lowest BCUT2D eigenvalue weighted by molar-refractivity contribution is -0.193. The molecule has 2 amide bonds. The lowest BCUT2D eigenvalue weighted by Crippen LogP contribution is -2.61. The Morgan fingerprint density at radius 2 is 1.06 bits per heavy atom. The number of carbonyl (C=O) groups is 2. The van der Waals surface area contributed by atoms with Gasteiger partial charge in [0, 0.05) is 78.3 Å². The zero-order valence-electron chi connectivity index (χ0n) is 32.8. The highest BCUT2D eigenvalue weighted by molar-refractivity contribution is 5.81. The maximum atomic E-state index is 12.7. The van der Waals surface area contributed by atoms with Gasteiger partial charge in [0.05, 0.1) is 23.4 Å². The van der Waals surface area contributed by atoms with Gasteiger partial charge in [-0.05, 0) is 74.3 Å². The first-order chi connectivity index (χ1) is 25.0. The molecule has 5 aliphatic rings. The van der Waals surface area contributed by atoms with E-state index < -0.39 is 0 Å². The van der Waals surface area contributed by atoms with E-state index >= 15 is 0 Å².